The fourth-order valence-corrected chi connectivity index (χ4v) is 3.71. The van der Waals surface area contributed by atoms with Crippen molar-refractivity contribution >= 4 is 17.8 Å². The minimum absolute atomic E-state index is 0.00129. The van der Waals surface area contributed by atoms with Gasteiger partial charge in [-0.15, -0.1) is 0 Å². The molecule has 0 radical (unpaired) electrons. The number of carbonyl (C=O) groups excluding carboxylic acids is 1. The molecule has 1 fully saturated rings. The van der Waals surface area contributed by atoms with E-state index in [-0.39, 0.29) is 16.8 Å². The molecule has 2 amide bonds. The number of carbonyl (C=O) groups is 1. The lowest BCUT2D eigenvalue weighted by Gasteiger charge is -2.38. The van der Waals surface area contributed by atoms with Crippen molar-refractivity contribution in [2.75, 3.05) is 18.8 Å². The minimum Gasteiger partial charge on any atom is -0.330 e. The van der Waals surface area contributed by atoms with Crippen LogP contribution >= 0.6 is 11.8 Å². The number of aromatic nitrogens is 1. The first-order valence-electron chi connectivity index (χ1n) is 7.62. The van der Waals surface area contributed by atoms with Crippen LogP contribution < -0.4 is 5.32 Å². The molecule has 1 aliphatic rings. The van der Waals surface area contributed by atoms with Gasteiger partial charge >= 0.3 is 6.03 Å². The standard InChI is InChI=1S/C16H25N3OS/c1-4-7-14(13-8-5-6-9-17-13)18-15(20)19-10-11-21-16(2,3)12-19/h5-6,8-9,14H,4,7,10-12H2,1-3H3,(H,18,20)/t14-/m1/s1. The van der Waals surface area contributed by atoms with Gasteiger partial charge in [0.05, 0.1) is 11.7 Å². The minimum atomic E-state index is 0.00129. The molecule has 0 saturated carbocycles. The topological polar surface area (TPSA) is 45.2 Å². The van der Waals surface area contributed by atoms with Gasteiger partial charge in [0.15, 0.2) is 0 Å². The molecule has 21 heavy (non-hydrogen) atoms. The summed E-state index contributed by atoms with van der Waals surface area (Å²) >= 11 is 1.93. The molecular formula is C16H25N3OS. The van der Waals surface area contributed by atoms with Crippen LogP contribution in [-0.2, 0) is 0 Å². The maximum Gasteiger partial charge on any atom is 0.318 e. The van der Waals surface area contributed by atoms with Gasteiger partial charge in [-0.1, -0.05) is 19.4 Å². The molecule has 0 aliphatic carbocycles. The third-order valence-corrected chi connectivity index (χ3v) is 4.93. The second-order valence-electron chi connectivity index (χ2n) is 6.08. The molecule has 0 spiro atoms. The fourth-order valence-electron chi connectivity index (χ4n) is 2.59. The zero-order valence-corrected chi connectivity index (χ0v) is 13.9. The highest BCUT2D eigenvalue weighted by atomic mass is 32.2. The van der Waals surface area contributed by atoms with Gasteiger partial charge < -0.3 is 10.2 Å². The lowest BCUT2D eigenvalue weighted by atomic mass is 10.1. The number of pyridine rings is 1. The Bertz CT molecular complexity index is 464. The van der Waals surface area contributed by atoms with E-state index in [1.807, 2.05) is 34.9 Å². The van der Waals surface area contributed by atoms with Crippen LogP contribution in [0.15, 0.2) is 24.4 Å². The Hall–Kier alpha value is -1.23. The third-order valence-electron chi connectivity index (χ3n) is 3.63. The Morgan fingerprint density at radius 3 is 2.95 bits per heavy atom. The molecule has 1 atom stereocenters. The smallest absolute Gasteiger partial charge is 0.318 e. The molecule has 0 unspecified atom stereocenters. The highest BCUT2D eigenvalue weighted by Crippen LogP contribution is 2.29. The maximum atomic E-state index is 12.5. The van der Waals surface area contributed by atoms with E-state index in [1.54, 1.807) is 6.20 Å². The molecule has 116 valence electrons. The molecule has 2 heterocycles. The summed E-state index contributed by atoms with van der Waals surface area (Å²) in [5.74, 6) is 1.00. The van der Waals surface area contributed by atoms with Crippen molar-refractivity contribution in [2.45, 2.75) is 44.4 Å². The van der Waals surface area contributed by atoms with Crippen LogP contribution in [0, 0.1) is 0 Å². The van der Waals surface area contributed by atoms with Gasteiger partial charge in [-0.2, -0.15) is 11.8 Å². The molecule has 2 rings (SSSR count). The monoisotopic (exact) mass is 307 g/mol. The largest absolute Gasteiger partial charge is 0.330 e. The Morgan fingerprint density at radius 1 is 1.52 bits per heavy atom. The molecule has 0 aromatic carbocycles. The molecule has 1 aliphatic heterocycles. The number of rotatable bonds is 4. The summed E-state index contributed by atoms with van der Waals surface area (Å²) in [6, 6.07) is 5.89. The van der Waals surface area contributed by atoms with E-state index in [4.69, 9.17) is 0 Å². The lowest BCUT2D eigenvalue weighted by Crippen LogP contribution is -2.50. The maximum absolute atomic E-state index is 12.5. The predicted octanol–water partition coefficient (Wildman–Crippen LogP) is 3.46. The van der Waals surface area contributed by atoms with Crippen LogP contribution in [0.1, 0.15) is 45.3 Å². The lowest BCUT2D eigenvalue weighted by molar-refractivity contribution is 0.190. The first kappa shape index (κ1) is 16.1. The molecule has 1 aromatic rings. The van der Waals surface area contributed by atoms with E-state index in [2.05, 4.69) is 31.1 Å². The summed E-state index contributed by atoms with van der Waals surface area (Å²) in [7, 11) is 0. The van der Waals surface area contributed by atoms with Crippen LogP contribution in [0.5, 0.6) is 0 Å². The van der Waals surface area contributed by atoms with Gasteiger partial charge in [0, 0.05) is 29.8 Å². The second kappa shape index (κ2) is 7.16. The number of thioether (sulfide) groups is 1. The number of urea groups is 1. The van der Waals surface area contributed by atoms with Crippen LogP contribution in [0.25, 0.3) is 0 Å². The van der Waals surface area contributed by atoms with Crippen molar-refractivity contribution in [3.05, 3.63) is 30.1 Å². The van der Waals surface area contributed by atoms with Gasteiger partial charge in [-0.25, -0.2) is 4.79 Å². The van der Waals surface area contributed by atoms with E-state index in [9.17, 15) is 4.79 Å². The molecule has 0 bridgehead atoms. The molecule has 4 nitrogen and oxygen atoms in total. The average Bonchev–Trinajstić information content (AvgIpc) is 2.46. The third kappa shape index (κ3) is 4.63. The molecular weight excluding hydrogens is 282 g/mol. The van der Waals surface area contributed by atoms with E-state index < -0.39 is 0 Å². The number of hydrogen-bond donors (Lipinski definition) is 1. The fraction of sp³-hybridized carbons (Fsp3) is 0.625. The van der Waals surface area contributed by atoms with Gasteiger partial charge in [-0.3, -0.25) is 4.98 Å². The Labute approximate surface area is 131 Å². The zero-order valence-electron chi connectivity index (χ0n) is 13.1. The number of nitrogens with one attached hydrogen (secondary N) is 1. The normalized spacial score (nSPS) is 19.1. The number of hydrogen-bond acceptors (Lipinski definition) is 3. The first-order valence-corrected chi connectivity index (χ1v) is 8.61. The summed E-state index contributed by atoms with van der Waals surface area (Å²) in [5.41, 5.74) is 0.943. The van der Waals surface area contributed by atoms with Gasteiger partial charge in [0.2, 0.25) is 0 Å². The SMILES string of the molecule is CCC[C@@H](NC(=O)N1CCSC(C)(C)C1)c1ccccn1. The Kier molecular flexibility index (Phi) is 5.51. The summed E-state index contributed by atoms with van der Waals surface area (Å²) in [6.07, 6.45) is 3.71. The highest BCUT2D eigenvalue weighted by Gasteiger charge is 2.30. The zero-order chi connectivity index (χ0) is 15.3. The summed E-state index contributed by atoms with van der Waals surface area (Å²) < 4.78 is 0.140. The second-order valence-corrected chi connectivity index (χ2v) is 7.88. The van der Waals surface area contributed by atoms with Crippen molar-refractivity contribution in [1.29, 1.82) is 0 Å². The molecule has 1 N–H and O–H groups in total. The van der Waals surface area contributed by atoms with Crippen LogP contribution in [0.2, 0.25) is 0 Å². The van der Waals surface area contributed by atoms with Gasteiger partial charge in [-0.05, 0) is 32.4 Å². The van der Waals surface area contributed by atoms with Gasteiger partial charge in [0.25, 0.3) is 0 Å². The van der Waals surface area contributed by atoms with E-state index in [1.165, 1.54) is 0 Å². The van der Waals surface area contributed by atoms with Crippen molar-refractivity contribution in [3.63, 3.8) is 0 Å². The van der Waals surface area contributed by atoms with Crippen molar-refractivity contribution < 1.29 is 4.79 Å². The number of nitrogens with zero attached hydrogens (tertiary/aromatic N) is 2. The predicted molar refractivity (Wildman–Crippen MR) is 88.5 cm³/mol. The van der Waals surface area contributed by atoms with Gasteiger partial charge in [0.1, 0.15) is 0 Å². The van der Waals surface area contributed by atoms with E-state index >= 15 is 0 Å². The summed E-state index contributed by atoms with van der Waals surface area (Å²) in [4.78, 5) is 18.8. The average molecular weight is 307 g/mol. The molecule has 1 saturated heterocycles. The van der Waals surface area contributed by atoms with Crippen molar-refractivity contribution in [3.8, 4) is 0 Å². The molecule has 1 aromatic heterocycles. The summed E-state index contributed by atoms with van der Waals surface area (Å²) in [5, 5.41) is 3.16. The highest BCUT2D eigenvalue weighted by molar-refractivity contribution is 8.00. The Morgan fingerprint density at radius 2 is 2.33 bits per heavy atom. The van der Waals surface area contributed by atoms with E-state index in [0.717, 1.165) is 37.4 Å². The summed E-state index contributed by atoms with van der Waals surface area (Å²) in [6.45, 7) is 8.13. The van der Waals surface area contributed by atoms with Crippen molar-refractivity contribution in [1.82, 2.24) is 15.2 Å². The van der Waals surface area contributed by atoms with Crippen molar-refractivity contribution in [2.24, 2.45) is 0 Å². The van der Waals surface area contributed by atoms with Crippen LogP contribution in [0.4, 0.5) is 4.79 Å². The first-order chi connectivity index (χ1) is 10.0. The van der Waals surface area contributed by atoms with Crippen LogP contribution in [0.3, 0.4) is 0 Å². The van der Waals surface area contributed by atoms with E-state index in [0.29, 0.717) is 0 Å². The molecule has 5 heteroatoms. The quantitative estimate of drug-likeness (QED) is 0.926. The van der Waals surface area contributed by atoms with Crippen LogP contribution in [-0.4, -0.2) is 39.5 Å². The number of amides is 2. The Balaban J connectivity index is 2.01.